The molecule has 1 aromatic rings. The van der Waals surface area contributed by atoms with Gasteiger partial charge in [-0.05, 0) is 18.1 Å². The zero-order valence-electron chi connectivity index (χ0n) is 8.12. The molecule has 4 heteroatoms. The number of anilines is 1. The van der Waals surface area contributed by atoms with Crippen LogP contribution in [0.2, 0.25) is 0 Å². The third-order valence-electron chi connectivity index (χ3n) is 2.57. The standard InChI is InChI=1S/C11H11BrFNO/c12-6-8-5-11(15)14(7-8)10-4-2-1-3-9(10)13/h1-4,8H,5-7H2. The second-order valence-electron chi connectivity index (χ2n) is 3.68. The van der Waals surface area contributed by atoms with E-state index in [2.05, 4.69) is 15.9 Å². The van der Waals surface area contributed by atoms with Gasteiger partial charge in [0.15, 0.2) is 0 Å². The summed E-state index contributed by atoms with van der Waals surface area (Å²) in [6, 6.07) is 6.39. The first kappa shape index (κ1) is 10.6. The fourth-order valence-electron chi connectivity index (χ4n) is 1.79. The van der Waals surface area contributed by atoms with Crippen LogP contribution in [0, 0.1) is 11.7 Å². The molecule has 0 spiro atoms. The predicted molar refractivity (Wildman–Crippen MR) is 60.7 cm³/mol. The average molecular weight is 272 g/mol. The van der Waals surface area contributed by atoms with Crippen molar-refractivity contribution < 1.29 is 9.18 Å². The maximum atomic E-state index is 13.4. The lowest BCUT2D eigenvalue weighted by molar-refractivity contribution is -0.117. The van der Waals surface area contributed by atoms with Crippen molar-refractivity contribution in [2.24, 2.45) is 5.92 Å². The van der Waals surface area contributed by atoms with E-state index < -0.39 is 0 Å². The van der Waals surface area contributed by atoms with E-state index >= 15 is 0 Å². The topological polar surface area (TPSA) is 20.3 Å². The second kappa shape index (κ2) is 4.31. The molecule has 0 radical (unpaired) electrons. The van der Waals surface area contributed by atoms with Crippen LogP contribution < -0.4 is 4.90 Å². The van der Waals surface area contributed by atoms with Gasteiger partial charge in [-0.15, -0.1) is 0 Å². The third kappa shape index (κ3) is 2.04. The first-order valence-corrected chi connectivity index (χ1v) is 5.95. The molecule has 15 heavy (non-hydrogen) atoms. The highest BCUT2D eigenvalue weighted by atomic mass is 79.9. The van der Waals surface area contributed by atoms with E-state index in [1.165, 1.54) is 11.0 Å². The molecule has 0 N–H and O–H groups in total. The first-order valence-electron chi connectivity index (χ1n) is 4.83. The van der Waals surface area contributed by atoms with E-state index in [4.69, 9.17) is 0 Å². The van der Waals surface area contributed by atoms with Crippen LogP contribution >= 0.6 is 15.9 Å². The number of carbonyl (C=O) groups excluding carboxylic acids is 1. The Morgan fingerprint density at radius 1 is 1.47 bits per heavy atom. The Morgan fingerprint density at radius 2 is 2.20 bits per heavy atom. The zero-order chi connectivity index (χ0) is 10.8. The lowest BCUT2D eigenvalue weighted by Crippen LogP contribution is -2.25. The van der Waals surface area contributed by atoms with Gasteiger partial charge in [0.2, 0.25) is 5.91 Å². The predicted octanol–water partition coefficient (Wildman–Crippen LogP) is 2.57. The maximum Gasteiger partial charge on any atom is 0.227 e. The zero-order valence-corrected chi connectivity index (χ0v) is 9.71. The van der Waals surface area contributed by atoms with Gasteiger partial charge in [0.25, 0.3) is 0 Å². The van der Waals surface area contributed by atoms with Crippen LogP contribution in [0.3, 0.4) is 0 Å². The molecule has 1 unspecified atom stereocenters. The summed E-state index contributed by atoms with van der Waals surface area (Å²) in [6.07, 6.45) is 0.500. The van der Waals surface area contributed by atoms with Gasteiger partial charge >= 0.3 is 0 Å². The summed E-state index contributed by atoms with van der Waals surface area (Å²) in [5.74, 6) is -0.0391. The molecule has 2 rings (SSSR count). The van der Waals surface area contributed by atoms with Gasteiger partial charge in [0.1, 0.15) is 5.82 Å². The van der Waals surface area contributed by atoms with Crippen LogP contribution in [0.1, 0.15) is 6.42 Å². The number of nitrogens with zero attached hydrogens (tertiary/aromatic N) is 1. The lowest BCUT2D eigenvalue weighted by atomic mass is 10.2. The molecule has 1 heterocycles. The molecule has 1 amide bonds. The summed E-state index contributed by atoms with van der Waals surface area (Å²) < 4.78 is 13.4. The van der Waals surface area contributed by atoms with Crippen LogP contribution in [0.15, 0.2) is 24.3 Å². The number of para-hydroxylation sites is 1. The number of hydrogen-bond acceptors (Lipinski definition) is 1. The summed E-state index contributed by atoms with van der Waals surface area (Å²) in [6.45, 7) is 0.602. The highest BCUT2D eigenvalue weighted by Crippen LogP contribution is 2.27. The normalized spacial score (nSPS) is 21.1. The lowest BCUT2D eigenvalue weighted by Gasteiger charge is -2.16. The number of carbonyl (C=O) groups is 1. The van der Waals surface area contributed by atoms with Crippen molar-refractivity contribution in [2.45, 2.75) is 6.42 Å². The molecule has 1 saturated heterocycles. The molecule has 1 atom stereocenters. The number of halogens is 2. The molecule has 0 bridgehead atoms. The van der Waals surface area contributed by atoms with Crippen molar-refractivity contribution in [3.8, 4) is 0 Å². The highest BCUT2D eigenvalue weighted by molar-refractivity contribution is 9.09. The Bertz CT molecular complexity index is 383. The van der Waals surface area contributed by atoms with E-state index in [1.807, 2.05) is 0 Å². The molecule has 0 saturated carbocycles. The molecule has 1 aliphatic heterocycles. The molecular weight excluding hydrogens is 261 g/mol. The van der Waals surface area contributed by atoms with Crippen LogP contribution in [0.25, 0.3) is 0 Å². The Kier molecular flexibility index (Phi) is 3.05. The minimum absolute atomic E-state index is 0.00421. The van der Waals surface area contributed by atoms with E-state index in [0.717, 1.165) is 5.33 Å². The number of amides is 1. The molecular formula is C11H11BrFNO. The van der Waals surface area contributed by atoms with Gasteiger partial charge in [-0.2, -0.15) is 0 Å². The second-order valence-corrected chi connectivity index (χ2v) is 4.33. The van der Waals surface area contributed by atoms with Crippen molar-refractivity contribution in [1.29, 1.82) is 0 Å². The van der Waals surface area contributed by atoms with Gasteiger partial charge in [-0.1, -0.05) is 28.1 Å². The van der Waals surface area contributed by atoms with Crippen molar-refractivity contribution in [1.82, 2.24) is 0 Å². The van der Waals surface area contributed by atoms with Crippen molar-refractivity contribution in [2.75, 3.05) is 16.8 Å². The summed E-state index contributed by atoms with van der Waals surface area (Å²) in [4.78, 5) is 13.2. The van der Waals surface area contributed by atoms with Crippen molar-refractivity contribution in [3.63, 3.8) is 0 Å². The van der Waals surface area contributed by atoms with E-state index in [9.17, 15) is 9.18 Å². The van der Waals surface area contributed by atoms with Crippen LogP contribution in [-0.2, 0) is 4.79 Å². The Morgan fingerprint density at radius 3 is 2.80 bits per heavy atom. The fraction of sp³-hybridized carbons (Fsp3) is 0.364. The van der Waals surface area contributed by atoms with Crippen LogP contribution in [0.4, 0.5) is 10.1 Å². The Labute approximate surface area is 96.2 Å². The van der Waals surface area contributed by atoms with E-state index in [-0.39, 0.29) is 17.6 Å². The van der Waals surface area contributed by atoms with Gasteiger partial charge in [-0.3, -0.25) is 4.79 Å². The molecule has 1 aliphatic rings. The van der Waals surface area contributed by atoms with Crippen molar-refractivity contribution >= 4 is 27.5 Å². The largest absolute Gasteiger partial charge is 0.309 e. The van der Waals surface area contributed by atoms with Gasteiger partial charge in [0.05, 0.1) is 5.69 Å². The molecule has 2 nitrogen and oxygen atoms in total. The summed E-state index contributed by atoms with van der Waals surface area (Å²) >= 11 is 3.35. The SMILES string of the molecule is O=C1CC(CBr)CN1c1ccccc1F. The average Bonchev–Trinajstić information content (AvgIpc) is 2.60. The third-order valence-corrected chi connectivity index (χ3v) is 3.48. The van der Waals surface area contributed by atoms with Crippen LogP contribution in [-0.4, -0.2) is 17.8 Å². The summed E-state index contributed by atoms with van der Waals surface area (Å²) in [5, 5.41) is 0.781. The Balaban J connectivity index is 2.25. The quantitative estimate of drug-likeness (QED) is 0.758. The smallest absolute Gasteiger partial charge is 0.227 e. The van der Waals surface area contributed by atoms with E-state index in [0.29, 0.717) is 18.7 Å². The summed E-state index contributed by atoms with van der Waals surface area (Å²) in [5.41, 5.74) is 0.394. The Hall–Kier alpha value is -0.900. The minimum Gasteiger partial charge on any atom is -0.309 e. The first-order chi connectivity index (χ1) is 7.22. The molecule has 80 valence electrons. The highest BCUT2D eigenvalue weighted by Gasteiger charge is 2.30. The molecule has 0 aromatic heterocycles. The molecule has 0 aliphatic carbocycles. The van der Waals surface area contributed by atoms with E-state index in [1.54, 1.807) is 18.2 Å². The molecule has 1 fully saturated rings. The number of hydrogen-bond donors (Lipinski definition) is 0. The monoisotopic (exact) mass is 271 g/mol. The number of benzene rings is 1. The summed E-state index contributed by atoms with van der Waals surface area (Å²) in [7, 11) is 0. The minimum atomic E-state index is -0.332. The van der Waals surface area contributed by atoms with Crippen LogP contribution in [0.5, 0.6) is 0 Å². The molecule has 1 aromatic carbocycles. The van der Waals surface area contributed by atoms with Gasteiger partial charge in [0, 0.05) is 18.3 Å². The number of rotatable bonds is 2. The van der Waals surface area contributed by atoms with Crippen molar-refractivity contribution in [3.05, 3.63) is 30.1 Å². The fourth-order valence-corrected chi connectivity index (χ4v) is 2.22. The van der Waals surface area contributed by atoms with Gasteiger partial charge < -0.3 is 4.90 Å². The maximum absolute atomic E-state index is 13.4. The van der Waals surface area contributed by atoms with Gasteiger partial charge in [-0.25, -0.2) is 4.39 Å². The number of alkyl halides is 1.